The molecule has 0 spiro atoms. The zero-order valence-electron chi connectivity index (χ0n) is 11.5. The summed E-state index contributed by atoms with van der Waals surface area (Å²) in [5.41, 5.74) is 0.994. The van der Waals surface area contributed by atoms with E-state index in [1.165, 1.54) is 6.07 Å². The van der Waals surface area contributed by atoms with Crippen molar-refractivity contribution in [2.75, 3.05) is 26.8 Å². The minimum atomic E-state index is -0.432. The predicted molar refractivity (Wildman–Crippen MR) is 71.6 cm³/mol. The molecular formula is C15H20FNO2. The van der Waals surface area contributed by atoms with Gasteiger partial charge in [-0.05, 0) is 43.4 Å². The van der Waals surface area contributed by atoms with Gasteiger partial charge in [0.1, 0.15) is 5.82 Å². The van der Waals surface area contributed by atoms with Gasteiger partial charge in [0.15, 0.2) is 0 Å². The number of hydrogen-bond donors (Lipinski definition) is 0. The topological polar surface area (TPSA) is 29.5 Å². The highest BCUT2D eigenvalue weighted by molar-refractivity contribution is 5.94. The van der Waals surface area contributed by atoms with E-state index in [0.29, 0.717) is 25.6 Å². The van der Waals surface area contributed by atoms with Crippen molar-refractivity contribution in [2.45, 2.75) is 19.8 Å². The number of halogens is 1. The van der Waals surface area contributed by atoms with Crippen LogP contribution in [-0.2, 0) is 4.74 Å². The summed E-state index contributed by atoms with van der Waals surface area (Å²) in [6, 6.07) is 4.75. The van der Waals surface area contributed by atoms with Crippen molar-refractivity contribution in [3.63, 3.8) is 0 Å². The zero-order valence-corrected chi connectivity index (χ0v) is 11.5. The Labute approximate surface area is 113 Å². The van der Waals surface area contributed by atoms with Gasteiger partial charge < -0.3 is 9.64 Å². The van der Waals surface area contributed by atoms with Crippen molar-refractivity contribution < 1.29 is 13.9 Å². The number of amides is 1. The summed E-state index contributed by atoms with van der Waals surface area (Å²) in [4.78, 5) is 14.1. The molecule has 2 rings (SSSR count). The number of nitrogens with zero attached hydrogens (tertiary/aromatic N) is 1. The molecule has 19 heavy (non-hydrogen) atoms. The lowest BCUT2D eigenvalue weighted by Gasteiger charge is -2.32. The molecule has 0 saturated carbocycles. The molecule has 0 N–H and O–H groups in total. The summed E-state index contributed by atoms with van der Waals surface area (Å²) in [6.45, 7) is 3.82. The number of carbonyl (C=O) groups is 1. The average Bonchev–Trinajstić information content (AvgIpc) is 2.39. The smallest absolute Gasteiger partial charge is 0.256 e. The first kappa shape index (κ1) is 14.0. The maximum absolute atomic E-state index is 13.8. The Kier molecular flexibility index (Phi) is 4.53. The Balaban J connectivity index is 2.10. The SMILES string of the molecule is COCC1CCCN(C(=O)c2ccc(C)cc2F)C1. The predicted octanol–water partition coefficient (Wildman–Crippen LogP) is 2.63. The van der Waals surface area contributed by atoms with E-state index in [0.717, 1.165) is 18.4 Å². The van der Waals surface area contributed by atoms with E-state index in [1.807, 2.05) is 6.92 Å². The first-order valence-electron chi connectivity index (χ1n) is 6.66. The van der Waals surface area contributed by atoms with Crippen LogP contribution in [0.5, 0.6) is 0 Å². The first-order chi connectivity index (χ1) is 9.11. The van der Waals surface area contributed by atoms with Gasteiger partial charge in [0.25, 0.3) is 5.91 Å². The van der Waals surface area contributed by atoms with Crippen LogP contribution in [-0.4, -0.2) is 37.6 Å². The van der Waals surface area contributed by atoms with Crippen molar-refractivity contribution in [3.05, 3.63) is 35.1 Å². The molecule has 1 aromatic carbocycles. The van der Waals surface area contributed by atoms with Gasteiger partial charge in [-0.2, -0.15) is 0 Å². The highest BCUT2D eigenvalue weighted by Crippen LogP contribution is 2.20. The number of carbonyl (C=O) groups excluding carboxylic acids is 1. The molecule has 1 aliphatic heterocycles. The number of ether oxygens (including phenoxy) is 1. The van der Waals surface area contributed by atoms with Gasteiger partial charge in [-0.3, -0.25) is 4.79 Å². The molecule has 1 fully saturated rings. The van der Waals surface area contributed by atoms with E-state index >= 15 is 0 Å². The minimum Gasteiger partial charge on any atom is -0.384 e. The molecule has 0 radical (unpaired) electrons. The third-order valence-electron chi connectivity index (χ3n) is 3.56. The highest BCUT2D eigenvalue weighted by atomic mass is 19.1. The minimum absolute atomic E-state index is 0.170. The van der Waals surface area contributed by atoms with Crippen LogP contribution in [0.2, 0.25) is 0 Å². The van der Waals surface area contributed by atoms with Crippen LogP contribution < -0.4 is 0 Å². The second-order valence-corrected chi connectivity index (χ2v) is 5.20. The van der Waals surface area contributed by atoms with Gasteiger partial charge in [-0.15, -0.1) is 0 Å². The Morgan fingerprint density at radius 3 is 3.00 bits per heavy atom. The van der Waals surface area contributed by atoms with Crippen LogP contribution in [0.4, 0.5) is 4.39 Å². The number of likely N-dealkylation sites (tertiary alicyclic amines) is 1. The summed E-state index contributed by atoms with van der Waals surface area (Å²) in [5.74, 6) is -0.284. The molecule has 1 aliphatic rings. The third kappa shape index (κ3) is 3.32. The van der Waals surface area contributed by atoms with Crippen LogP contribution in [0.1, 0.15) is 28.8 Å². The second-order valence-electron chi connectivity index (χ2n) is 5.20. The number of benzene rings is 1. The Morgan fingerprint density at radius 2 is 2.32 bits per heavy atom. The largest absolute Gasteiger partial charge is 0.384 e. The maximum Gasteiger partial charge on any atom is 0.256 e. The molecule has 0 bridgehead atoms. The number of rotatable bonds is 3. The van der Waals surface area contributed by atoms with E-state index in [4.69, 9.17) is 4.74 Å². The summed E-state index contributed by atoms with van der Waals surface area (Å²) >= 11 is 0. The van der Waals surface area contributed by atoms with Gasteiger partial charge >= 0.3 is 0 Å². The van der Waals surface area contributed by atoms with Gasteiger partial charge in [-0.1, -0.05) is 6.07 Å². The standard InChI is InChI=1S/C15H20FNO2/c1-11-5-6-13(14(16)8-11)15(18)17-7-3-4-12(9-17)10-19-2/h5-6,8,12H,3-4,7,9-10H2,1-2H3. The number of aryl methyl sites for hydroxylation is 1. The van der Waals surface area contributed by atoms with E-state index < -0.39 is 5.82 Å². The van der Waals surface area contributed by atoms with Crippen molar-refractivity contribution in [1.82, 2.24) is 4.90 Å². The number of methoxy groups -OCH3 is 1. The number of piperidine rings is 1. The van der Waals surface area contributed by atoms with Gasteiger partial charge in [0.2, 0.25) is 0 Å². The lowest BCUT2D eigenvalue weighted by atomic mass is 9.98. The molecular weight excluding hydrogens is 245 g/mol. The lowest BCUT2D eigenvalue weighted by molar-refractivity contribution is 0.0567. The third-order valence-corrected chi connectivity index (χ3v) is 3.56. The van der Waals surface area contributed by atoms with Crippen molar-refractivity contribution in [1.29, 1.82) is 0 Å². The molecule has 1 heterocycles. The molecule has 1 atom stereocenters. The lowest BCUT2D eigenvalue weighted by Crippen LogP contribution is -2.41. The van der Waals surface area contributed by atoms with E-state index in [9.17, 15) is 9.18 Å². The fourth-order valence-electron chi connectivity index (χ4n) is 2.59. The van der Waals surface area contributed by atoms with Crippen LogP contribution in [0.25, 0.3) is 0 Å². The van der Waals surface area contributed by atoms with Crippen LogP contribution >= 0.6 is 0 Å². The van der Waals surface area contributed by atoms with Gasteiger partial charge in [0.05, 0.1) is 12.2 Å². The van der Waals surface area contributed by atoms with E-state index in [2.05, 4.69) is 0 Å². The second kappa shape index (κ2) is 6.15. The summed E-state index contributed by atoms with van der Waals surface area (Å²) in [6.07, 6.45) is 2.02. The van der Waals surface area contributed by atoms with Crippen molar-refractivity contribution in [3.8, 4) is 0 Å². The molecule has 1 unspecified atom stereocenters. The quantitative estimate of drug-likeness (QED) is 0.841. The monoisotopic (exact) mass is 265 g/mol. The summed E-state index contributed by atoms with van der Waals surface area (Å²) in [7, 11) is 1.67. The molecule has 0 aliphatic carbocycles. The van der Waals surface area contributed by atoms with E-state index in [-0.39, 0.29) is 11.5 Å². The van der Waals surface area contributed by atoms with E-state index in [1.54, 1.807) is 24.1 Å². The fraction of sp³-hybridized carbons (Fsp3) is 0.533. The molecule has 104 valence electrons. The van der Waals surface area contributed by atoms with Gasteiger partial charge in [0, 0.05) is 20.2 Å². The molecule has 0 aromatic heterocycles. The maximum atomic E-state index is 13.8. The zero-order chi connectivity index (χ0) is 13.8. The summed E-state index contributed by atoms with van der Waals surface area (Å²) < 4.78 is 19.0. The Bertz CT molecular complexity index is 459. The first-order valence-corrected chi connectivity index (χ1v) is 6.66. The molecule has 1 amide bonds. The van der Waals surface area contributed by atoms with Crippen LogP contribution in [0, 0.1) is 18.7 Å². The number of hydrogen-bond acceptors (Lipinski definition) is 2. The molecule has 4 heteroatoms. The highest BCUT2D eigenvalue weighted by Gasteiger charge is 2.25. The average molecular weight is 265 g/mol. The Morgan fingerprint density at radius 1 is 1.53 bits per heavy atom. The van der Waals surface area contributed by atoms with Crippen molar-refractivity contribution >= 4 is 5.91 Å². The van der Waals surface area contributed by atoms with Crippen molar-refractivity contribution in [2.24, 2.45) is 5.92 Å². The summed E-state index contributed by atoms with van der Waals surface area (Å²) in [5, 5.41) is 0. The molecule has 1 saturated heterocycles. The van der Waals surface area contributed by atoms with Crippen LogP contribution in [0.15, 0.2) is 18.2 Å². The fourth-order valence-corrected chi connectivity index (χ4v) is 2.59. The normalized spacial score (nSPS) is 19.5. The van der Waals surface area contributed by atoms with Gasteiger partial charge in [-0.25, -0.2) is 4.39 Å². The van der Waals surface area contributed by atoms with Crippen LogP contribution in [0.3, 0.4) is 0 Å². The molecule has 1 aromatic rings. The Hall–Kier alpha value is -1.42. The molecule has 3 nitrogen and oxygen atoms in total.